The first-order valence-electron chi connectivity index (χ1n) is 8.04. The molecule has 2 heterocycles. The van der Waals surface area contributed by atoms with Crippen LogP contribution in [0.3, 0.4) is 0 Å². The topological polar surface area (TPSA) is 97.1 Å². The van der Waals surface area contributed by atoms with E-state index in [1.807, 2.05) is 32.0 Å². The van der Waals surface area contributed by atoms with E-state index in [1.165, 1.54) is 11.8 Å². The lowest BCUT2D eigenvalue weighted by atomic mass is 10.2. The minimum absolute atomic E-state index is 0.0378. The molecule has 0 amide bonds. The molecule has 0 radical (unpaired) electrons. The highest BCUT2D eigenvalue weighted by molar-refractivity contribution is 7.99. The Kier molecular flexibility index (Phi) is 5.44. The number of ketones is 1. The van der Waals surface area contributed by atoms with Crippen molar-refractivity contribution >= 4 is 35.2 Å². The number of hydrogen-bond donors (Lipinski definition) is 2. The fourth-order valence-electron chi connectivity index (χ4n) is 2.18. The minimum atomic E-state index is 0.0378. The van der Waals surface area contributed by atoms with Crippen molar-refractivity contribution in [3.8, 4) is 0 Å². The standard InChI is InChI=1S/C16H19N7OS/c1-3-17-13-19-14(18-4-2)23-15(20-13)21-16(22-23)25-10-12(24)11-8-6-5-7-9-11/h5-9H,3-4,10H2,1-2H3,(H2,17,18,19,20,21,22). The fraction of sp³-hybridized carbons (Fsp3) is 0.312. The Balaban J connectivity index is 1.80. The summed E-state index contributed by atoms with van der Waals surface area (Å²) >= 11 is 1.29. The van der Waals surface area contributed by atoms with Crippen LogP contribution in [0.15, 0.2) is 35.5 Å². The van der Waals surface area contributed by atoms with Crippen LogP contribution in [0.2, 0.25) is 0 Å². The van der Waals surface area contributed by atoms with Crippen LogP contribution >= 0.6 is 11.8 Å². The van der Waals surface area contributed by atoms with E-state index < -0.39 is 0 Å². The molecular weight excluding hydrogens is 338 g/mol. The summed E-state index contributed by atoms with van der Waals surface area (Å²) in [6.45, 7) is 5.36. The van der Waals surface area contributed by atoms with Crippen LogP contribution in [-0.4, -0.2) is 49.2 Å². The van der Waals surface area contributed by atoms with Crippen LogP contribution in [0, 0.1) is 0 Å². The lowest BCUT2D eigenvalue weighted by molar-refractivity contribution is 0.102. The van der Waals surface area contributed by atoms with Gasteiger partial charge in [-0.1, -0.05) is 42.1 Å². The molecule has 0 aliphatic carbocycles. The maximum atomic E-state index is 12.2. The van der Waals surface area contributed by atoms with Gasteiger partial charge >= 0.3 is 0 Å². The second kappa shape index (κ2) is 7.93. The molecule has 0 saturated heterocycles. The summed E-state index contributed by atoms with van der Waals surface area (Å²) < 4.78 is 1.56. The molecule has 3 rings (SSSR count). The van der Waals surface area contributed by atoms with Crippen molar-refractivity contribution in [1.29, 1.82) is 0 Å². The Morgan fingerprint density at radius 3 is 2.56 bits per heavy atom. The Hall–Kier alpha value is -2.68. The summed E-state index contributed by atoms with van der Waals surface area (Å²) in [4.78, 5) is 25.3. The van der Waals surface area contributed by atoms with Crippen LogP contribution in [0.25, 0.3) is 5.78 Å². The summed E-state index contributed by atoms with van der Waals surface area (Å²) in [6, 6.07) is 9.19. The lowest BCUT2D eigenvalue weighted by Crippen LogP contribution is -2.11. The molecule has 8 nitrogen and oxygen atoms in total. The molecule has 3 aromatic rings. The lowest BCUT2D eigenvalue weighted by Gasteiger charge is -2.06. The van der Waals surface area contributed by atoms with Gasteiger partial charge in [-0.25, -0.2) is 0 Å². The number of Topliss-reactive ketones (excluding diaryl/α,β-unsaturated/α-hetero) is 1. The van der Waals surface area contributed by atoms with Gasteiger partial charge in [-0.15, -0.1) is 5.10 Å². The van der Waals surface area contributed by atoms with Gasteiger partial charge in [0, 0.05) is 18.7 Å². The largest absolute Gasteiger partial charge is 0.354 e. The van der Waals surface area contributed by atoms with E-state index >= 15 is 0 Å². The number of nitrogens with zero attached hydrogens (tertiary/aromatic N) is 5. The van der Waals surface area contributed by atoms with Crippen LogP contribution < -0.4 is 10.6 Å². The zero-order chi connectivity index (χ0) is 17.6. The number of rotatable bonds is 8. The predicted molar refractivity (Wildman–Crippen MR) is 98.4 cm³/mol. The van der Waals surface area contributed by atoms with Crippen molar-refractivity contribution < 1.29 is 4.79 Å². The van der Waals surface area contributed by atoms with Crippen LogP contribution in [-0.2, 0) is 0 Å². The number of anilines is 2. The molecule has 0 aliphatic heterocycles. The zero-order valence-corrected chi connectivity index (χ0v) is 14.9. The quantitative estimate of drug-likeness (QED) is 0.468. The van der Waals surface area contributed by atoms with Gasteiger partial charge in [0.1, 0.15) is 0 Å². The molecular formula is C16H19N7OS. The number of fused-ring (bicyclic) bond motifs is 1. The first-order valence-corrected chi connectivity index (χ1v) is 9.03. The van der Waals surface area contributed by atoms with Gasteiger partial charge < -0.3 is 10.6 Å². The van der Waals surface area contributed by atoms with Crippen molar-refractivity contribution in [2.45, 2.75) is 19.0 Å². The third-order valence-electron chi connectivity index (χ3n) is 3.29. The van der Waals surface area contributed by atoms with E-state index in [9.17, 15) is 4.79 Å². The summed E-state index contributed by atoms with van der Waals surface area (Å²) in [5, 5.41) is 11.1. The van der Waals surface area contributed by atoms with Crippen molar-refractivity contribution in [3.05, 3.63) is 35.9 Å². The summed E-state index contributed by atoms with van der Waals surface area (Å²) in [7, 11) is 0. The van der Waals surface area contributed by atoms with Gasteiger partial charge in [0.15, 0.2) is 5.78 Å². The molecule has 9 heteroatoms. The van der Waals surface area contributed by atoms with E-state index in [-0.39, 0.29) is 11.5 Å². The van der Waals surface area contributed by atoms with Gasteiger partial charge in [0.05, 0.1) is 5.75 Å². The first-order chi connectivity index (χ1) is 12.2. The van der Waals surface area contributed by atoms with Crippen LogP contribution in [0.4, 0.5) is 11.9 Å². The Bertz CT molecular complexity index is 866. The number of carbonyl (C=O) groups excluding carboxylic acids is 1. The van der Waals surface area contributed by atoms with E-state index in [4.69, 9.17) is 0 Å². The van der Waals surface area contributed by atoms with Gasteiger partial charge in [0.2, 0.25) is 17.1 Å². The molecule has 0 aliphatic rings. The molecule has 0 unspecified atom stereocenters. The van der Waals surface area contributed by atoms with Crippen molar-refractivity contribution in [1.82, 2.24) is 24.6 Å². The zero-order valence-electron chi connectivity index (χ0n) is 14.1. The molecule has 0 fully saturated rings. The summed E-state index contributed by atoms with van der Waals surface area (Å²) in [5.74, 6) is 1.81. The summed E-state index contributed by atoms with van der Waals surface area (Å²) in [6.07, 6.45) is 0. The van der Waals surface area contributed by atoms with Crippen molar-refractivity contribution in [2.75, 3.05) is 29.5 Å². The Labute approximate surface area is 149 Å². The maximum Gasteiger partial charge on any atom is 0.259 e. The second-order valence-electron chi connectivity index (χ2n) is 5.12. The average Bonchev–Trinajstić information content (AvgIpc) is 3.04. The van der Waals surface area contributed by atoms with E-state index in [1.54, 1.807) is 16.6 Å². The number of nitrogens with one attached hydrogen (secondary N) is 2. The van der Waals surface area contributed by atoms with Gasteiger partial charge in [0.25, 0.3) is 5.78 Å². The monoisotopic (exact) mass is 357 g/mol. The number of benzene rings is 1. The highest BCUT2D eigenvalue weighted by Crippen LogP contribution is 2.18. The van der Waals surface area contributed by atoms with E-state index in [0.717, 1.165) is 0 Å². The van der Waals surface area contributed by atoms with Gasteiger partial charge in [-0.05, 0) is 13.8 Å². The molecule has 2 N–H and O–H groups in total. The summed E-state index contributed by atoms with van der Waals surface area (Å²) in [5.41, 5.74) is 0.682. The average molecular weight is 357 g/mol. The maximum absolute atomic E-state index is 12.2. The smallest absolute Gasteiger partial charge is 0.259 e. The first kappa shape index (κ1) is 17.2. The third kappa shape index (κ3) is 4.05. The van der Waals surface area contributed by atoms with Gasteiger partial charge in [-0.2, -0.15) is 19.5 Å². The molecule has 25 heavy (non-hydrogen) atoms. The molecule has 2 aromatic heterocycles. The SMILES string of the molecule is CCNc1nc(NCC)n2nc(SCC(=O)c3ccccc3)nc2n1. The van der Waals surface area contributed by atoms with E-state index in [0.29, 0.717) is 41.5 Å². The Morgan fingerprint density at radius 1 is 1.08 bits per heavy atom. The number of thioether (sulfide) groups is 1. The normalized spacial score (nSPS) is 10.8. The molecule has 130 valence electrons. The molecule has 0 bridgehead atoms. The predicted octanol–water partition coefficient (Wildman–Crippen LogP) is 2.36. The second-order valence-corrected chi connectivity index (χ2v) is 6.06. The van der Waals surface area contributed by atoms with Crippen LogP contribution in [0.5, 0.6) is 0 Å². The molecule has 0 spiro atoms. The van der Waals surface area contributed by atoms with Crippen LogP contribution in [0.1, 0.15) is 24.2 Å². The minimum Gasteiger partial charge on any atom is -0.354 e. The highest BCUT2D eigenvalue weighted by Gasteiger charge is 2.14. The number of aromatic nitrogens is 5. The fourth-order valence-corrected chi connectivity index (χ4v) is 2.89. The van der Waals surface area contributed by atoms with Crippen molar-refractivity contribution in [3.63, 3.8) is 0 Å². The van der Waals surface area contributed by atoms with Crippen molar-refractivity contribution in [2.24, 2.45) is 0 Å². The van der Waals surface area contributed by atoms with E-state index in [2.05, 4.69) is 30.7 Å². The third-order valence-corrected chi connectivity index (χ3v) is 4.12. The molecule has 0 atom stereocenters. The van der Waals surface area contributed by atoms with Gasteiger partial charge in [-0.3, -0.25) is 4.79 Å². The Morgan fingerprint density at radius 2 is 1.84 bits per heavy atom. The highest BCUT2D eigenvalue weighted by atomic mass is 32.2. The number of hydrogen-bond acceptors (Lipinski definition) is 8. The molecule has 1 aromatic carbocycles. The molecule has 0 saturated carbocycles. The number of carbonyl (C=O) groups is 1.